The highest BCUT2D eigenvalue weighted by Crippen LogP contribution is 2.24. The monoisotopic (exact) mass is 588 g/mol. The quantitative estimate of drug-likeness (QED) is 0.219. The third-order valence-corrected chi connectivity index (χ3v) is 8.69. The van der Waals surface area contributed by atoms with Crippen LogP contribution in [0, 0.1) is 6.92 Å². The van der Waals surface area contributed by atoms with Crippen LogP contribution >= 0.6 is 11.3 Å². The third-order valence-electron chi connectivity index (χ3n) is 7.79. The van der Waals surface area contributed by atoms with Gasteiger partial charge in [0.25, 0.3) is 0 Å². The van der Waals surface area contributed by atoms with Crippen molar-refractivity contribution < 1.29 is 9.59 Å². The maximum absolute atomic E-state index is 14.4. The van der Waals surface area contributed by atoms with Crippen LogP contribution in [-0.4, -0.2) is 53.9 Å². The van der Waals surface area contributed by atoms with Crippen LogP contribution in [0.25, 0.3) is 11.8 Å². The molecule has 43 heavy (non-hydrogen) atoms. The van der Waals surface area contributed by atoms with E-state index in [2.05, 4.69) is 27.2 Å². The summed E-state index contributed by atoms with van der Waals surface area (Å²) in [5.41, 5.74) is 7.84. The van der Waals surface area contributed by atoms with Crippen molar-refractivity contribution in [2.75, 3.05) is 6.54 Å². The minimum absolute atomic E-state index is 0.0479. The number of nitrogens with zero attached hydrogens (tertiary/aromatic N) is 6. The lowest BCUT2D eigenvalue weighted by Gasteiger charge is -2.37. The van der Waals surface area contributed by atoms with Gasteiger partial charge in [-0.05, 0) is 53.8 Å². The molecule has 0 aliphatic carbocycles. The Balaban J connectivity index is 1.34. The molecule has 0 saturated heterocycles. The predicted molar refractivity (Wildman–Crippen MR) is 167 cm³/mol. The van der Waals surface area contributed by atoms with Crippen molar-refractivity contribution in [3.05, 3.63) is 136 Å². The van der Waals surface area contributed by atoms with Gasteiger partial charge in [-0.1, -0.05) is 66.7 Å². The van der Waals surface area contributed by atoms with Crippen LogP contribution < -0.4 is 0 Å². The average molecular weight is 589 g/mol. The van der Waals surface area contributed by atoms with Gasteiger partial charge in [0, 0.05) is 37.0 Å². The molecule has 5 aromatic rings. The lowest BCUT2D eigenvalue weighted by atomic mass is 9.97. The molecule has 216 valence electrons. The highest BCUT2D eigenvalue weighted by Gasteiger charge is 2.34. The third kappa shape index (κ3) is 6.62. The molecule has 3 aromatic carbocycles. The van der Waals surface area contributed by atoms with Crippen LogP contribution in [0.1, 0.15) is 32.8 Å². The van der Waals surface area contributed by atoms with E-state index in [0.717, 1.165) is 39.4 Å². The molecule has 0 unspecified atom stereocenters. The first-order chi connectivity index (χ1) is 21.0. The van der Waals surface area contributed by atoms with Gasteiger partial charge >= 0.3 is 0 Å². The van der Waals surface area contributed by atoms with Gasteiger partial charge in [-0.15, -0.1) is 11.3 Å². The molecular weight excluding hydrogens is 556 g/mol. The Labute approximate surface area is 255 Å². The van der Waals surface area contributed by atoms with E-state index in [1.165, 1.54) is 23.2 Å². The van der Waals surface area contributed by atoms with E-state index in [9.17, 15) is 9.59 Å². The van der Waals surface area contributed by atoms with Gasteiger partial charge in [0.05, 0.1) is 16.9 Å². The van der Waals surface area contributed by atoms with E-state index in [1.807, 2.05) is 78.6 Å². The van der Waals surface area contributed by atoms with Crippen molar-refractivity contribution in [2.45, 2.75) is 38.9 Å². The number of fused-ring (bicyclic) bond motifs is 1. The first-order valence-corrected chi connectivity index (χ1v) is 15.2. The topological polar surface area (TPSA) is 84.2 Å². The summed E-state index contributed by atoms with van der Waals surface area (Å²) in [5.74, 6) is -0.270. The Morgan fingerprint density at radius 2 is 1.74 bits per heavy atom. The second-order valence-corrected chi connectivity index (χ2v) is 11.5. The summed E-state index contributed by atoms with van der Waals surface area (Å²) in [6, 6.07) is 25.3. The number of carbonyl (C=O) groups is 2. The second-order valence-electron chi connectivity index (χ2n) is 10.6. The number of benzene rings is 3. The van der Waals surface area contributed by atoms with Crippen LogP contribution in [0.15, 0.2) is 103 Å². The summed E-state index contributed by atoms with van der Waals surface area (Å²) in [7, 11) is 0. The number of aromatic nitrogens is 4. The Morgan fingerprint density at radius 1 is 0.977 bits per heavy atom. The Hall–Kier alpha value is -4.89. The fraction of sp³-hybridized carbons (Fsp3) is 0.206. The molecule has 0 spiro atoms. The minimum atomic E-state index is -0.692. The molecule has 2 aromatic heterocycles. The summed E-state index contributed by atoms with van der Waals surface area (Å²) in [6.07, 6.45) is 7.71. The SMILES string of the molecule is Cc1ncsc1C=CC(=O)N(Cc1ccc(-n2cncn2)cc1)[C@@H](Cc1ccccc1)C(=O)N1CCc2ccccc2C1. The second kappa shape index (κ2) is 13.0. The maximum atomic E-state index is 14.4. The summed E-state index contributed by atoms with van der Waals surface area (Å²) in [5, 5.41) is 4.20. The largest absolute Gasteiger partial charge is 0.336 e. The zero-order valence-corrected chi connectivity index (χ0v) is 24.7. The van der Waals surface area contributed by atoms with Gasteiger partial charge in [0.15, 0.2) is 0 Å². The van der Waals surface area contributed by atoms with Gasteiger partial charge in [-0.25, -0.2) is 14.6 Å². The van der Waals surface area contributed by atoms with Gasteiger partial charge in [-0.3, -0.25) is 9.59 Å². The lowest BCUT2D eigenvalue weighted by molar-refractivity contribution is -0.144. The van der Waals surface area contributed by atoms with Gasteiger partial charge in [0.2, 0.25) is 11.8 Å². The van der Waals surface area contributed by atoms with Gasteiger partial charge in [0.1, 0.15) is 18.7 Å². The number of hydrogen-bond donors (Lipinski definition) is 0. The van der Waals surface area contributed by atoms with Gasteiger partial charge < -0.3 is 9.80 Å². The van der Waals surface area contributed by atoms with Crippen LogP contribution in [0.4, 0.5) is 0 Å². The van der Waals surface area contributed by atoms with E-state index in [0.29, 0.717) is 19.5 Å². The van der Waals surface area contributed by atoms with Crippen LogP contribution in [0.5, 0.6) is 0 Å². The van der Waals surface area contributed by atoms with E-state index in [1.54, 1.807) is 33.6 Å². The zero-order valence-electron chi connectivity index (χ0n) is 23.9. The van der Waals surface area contributed by atoms with E-state index < -0.39 is 6.04 Å². The van der Waals surface area contributed by atoms with Crippen LogP contribution in [0.2, 0.25) is 0 Å². The van der Waals surface area contributed by atoms with Crippen molar-refractivity contribution >= 4 is 29.2 Å². The molecule has 1 aliphatic rings. The fourth-order valence-corrected chi connectivity index (χ4v) is 6.10. The molecule has 2 amide bonds. The number of rotatable bonds is 9. The zero-order chi connectivity index (χ0) is 29.6. The summed E-state index contributed by atoms with van der Waals surface area (Å²) in [4.78, 5) is 41.4. The maximum Gasteiger partial charge on any atom is 0.247 e. The molecule has 0 radical (unpaired) electrons. The molecule has 8 nitrogen and oxygen atoms in total. The fourth-order valence-electron chi connectivity index (χ4n) is 5.41. The standard InChI is InChI=1S/C34H32N6O2S/c1-25-32(43-24-36-25)15-16-33(41)39(20-27-11-13-30(14-12-27)40-23-35-22-37-40)31(19-26-7-3-2-4-8-26)34(42)38-18-17-28-9-5-6-10-29(28)21-38/h2-16,22-24,31H,17-21H2,1H3/t31-/m0/s1. The minimum Gasteiger partial charge on any atom is -0.336 e. The molecule has 0 N–H and O–H groups in total. The summed E-state index contributed by atoms with van der Waals surface area (Å²) < 4.78 is 1.68. The summed E-state index contributed by atoms with van der Waals surface area (Å²) >= 11 is 1.48. The first kappa shape index (κ1) is 28.2. The number of thiazole rings is 1. The molecule has 0 fully saturated rings. The molecule has 0 bridgehead atoms. The first-order valence-electron chi connectivity index (χ1n) is 14.3. The average Bonchev–Trinajstić information content (AvgIpc) is 3.74. The Bertz CT molecular complexity index is 1710. The number of aryl methyl sites for hydroxylation is 1. The molecule has 1 aliphatic heterocycles. The van der Waals surface area contributed by atoms with Gasteiger partial charge in [-0.2, -0.15) is 5.10 Å². The number of hydrogen-bond acceptors (Lipinski definition) is 6. The predicted octanol–water partition coefficient (Wildman–Crippen LogP) is 5.27. The van der Waals surface area contributed by atoms with Crippen LogP contribution in [-0.2, 0) is 35.5 Å². The summed E-state index contributed by atoms with van der Waals surface area (Å²) in [6.45, 7) is 3.34. The number of amides is 2. The van der Waals surface area contributed by atoms with E-state index in [-0.39, 0.29) is 18.4 Å². The van der Waals surface area contributed by atoms with Crippen molar-refractivity contribution in [1.82, 2.24) is 29.5 Å². The van der Waals surface area contributed by atoms with Crippen molar-refractivity contribution in [3.63, 3.8) is 0 Å². The number of carbonyl (C=O) groups excluding carboxylic acids is 2. The molecule has 1 atom stereocenters. The Morgan fingerprint density at radius 3 is 2.47 bits per heavy atom. The van der Waals surface area contributed by atoms with E-state index in [4.69, 9.17) is 0 Å². The lowest BCUT2D eigenvalue weighted by Crippen LogP contribution is -2.52. The highest BCUT2D eigenvalue weighted by molar-refractivity contribution is 7.10. The van der Waals surface area contributed by atoms with Crippen molar-refractivity contribution in [1.29, 1.82) is 0 Å². The van der Waals surface area contributed by atoms with Crippen molar-refractivity contribution in [2.24, 2.45) is 0 Å². The van der Waals surface area contributed by atoms with Crippen LogP contribution in [0.3, 0.4) is 0 Å². The molecule has 9 heteroatoms. The normalized spacial score (nSPS) is 13.6. The molecule has 6 rings (SSSR count). The van der Waals surface area contributed by atoms with E-state index >= 15 is 0 Å². The smallest absolute Gasteiger partial charge is 0.247 e. The highest BCUT2D eigenvalue weighted by atomic mass is 32.1. The molecule has 0 saturated carbocycles. The molecule has 3 heterocycles. The van der Waals surface area contributed by atoms with Crippen molar-refractivity contribution in [3.8, 4) is 5.69 Å². The Kier molecular flexibility index (Phi) is 8.51. The molecular formula is C34H32N6O2S.